The average Bonchev–Trinajstić information content (AvgIpc) is 3.04. The molecule has 1 aliphatic rings. The number of nitrogens with zero attached hydrogens (tertiary/aromatic N) is 1. The lowest BCUT2D eigenvalue weighted by molar-refractivity contribution is 0.0935. The van der Waals surface area contributed by atoms with Crippen LogP contribution in [0.25, 0.3) is 0 Å². The third kappa shape index (κ3) is 5.44. The molecule has 0 aliphatic carbocycles. The molecule has 1 fully saturated rings. The van der Waals surface area contributed by atoms with E-state index in [0.717, 1.165) is 25.9 Å². The Kier molecular flexibility index (Phi) is 6.29. The third-order valence-corrected chi connectivity index (χ3v) is 5.16. The van der Waals surface area contributed by atoms with E-state index in [1.165, 1.54) is 11.3 Å². The summed E-state index contributed by atoms with van der Waals surface area (Å²) in [5, 5.41) is 9.12. The normalized spacial score (nSPS) is 16.1. The highest BCUT2D eigenvalue weighted by atomic mass is 35.5. The third-order valence-electron chi connectivity index (χ3n) is 3.89. The van der Waals surface area contributed by atoms with Crippen LogP contribution < -0.4 is 21.7 Å². The van der Waals surface area contributed by atoms with E-state index in [1.54, 1.807) is 24.4 Å². The highest BCUT2D eigenvalue weighted by Crippen LogP contribution is 2.27. The molecule has 0 radical (unpaired) electrons. The molecule has 0 saturated carbocycles. The summed E-state index contributed by atoms with van der Waals surface area (Å²) in [6, 6.07) is 4.37. The van der Waals surface area contributed by atoms with E-state index < -0.39 is 6.03 Å². The minimum absolute atomic E-state index is 0.0597. The van der Waals surface area contributed by atoms with Gasteiger partial charge in [-0.1, -0.05) is 23.4 Å². The Labute approximate surface area is 165 Å². The summed E-state index contributed by atoms with van der Waals surface area (Å²) < 4.78 is 0. The summed E-state index contributed by atoms with van der Waals surface area (Å²) in [5.74, 6) is 5.68. The van der Waals surface area contributed by atoms with Gasteiger partial charge in [0.2, 0.25) is 0 Å². The number of anilines is 1. The smallest absolute Gasteiger partial charge is 0.316 e. The topological polar surface area (TPSA) is 109 Å². The summed E-state index contributed by atoms with van der Waals surface area (Å²) in [4.78, 5) is 28.9. The monoisotopic (exact) mass is 403 g/mol. The summed E-state index contributed by atoms with van der Waals surface area (Å²) >= 11 is 6.96. The molecule has 27 heavy (non-hydrogen) atoms. The molecule has 140 valence electrons. The molecule has 0 aromatic carbocycles. The predicted octanol–water partition coefficient (Wildman–Crippen LogP) is 2.17. The number of urea groups is 1. The van der Waals surface area contributed by atoms with Gasteiger partial charge in [0.1, 0.15) is 10.0 Å². The maximum atomic E-state index is 12.6. The number of pyridine rings is 1. The van der Waals surface area contributed by atoms with Crippen molar-refractivity contribution >= 4 is 40.6 Å². The minimum atomic E-state index is -0.734. The molecule has 3 heterocycles. The summed E-state index contributed by atoms with van der Waals surface area (Å²) in [6.07, 6.45) is 3.49. The Morgan fingerprint density at radius 3 is 2.89 bits per heavy atom. The van der Waals surface area contributed by atoms with Crippen molar-refractivity contribution in [3.8, 4) is 11.8 Å². The fourth-order valence-corrected chi connectivity index (χ4v) is 3.64. The van der Waals surface area contributed by atoms with Crippen LogP contribution in [0.15, 0.2) is 24.4 Å². The van der Waals surface area contributed by atoms with Gasteiger partial charge in [0.25, 0.3) is 5.91 Å². The van der Waals surface area contributed by atoms with Gasteiger partial charge in [-0.2, -0.15) is 0 Å². The van der Waals surface area contributed by atoms with Crippen LogP contribution in [-0.2, 0) is 0 Å². The van der Waals surface area contributed by atoms with Crippen LogP contribution in [0.3, 0.4) is 0 Å². The number of aromatic nitrogens is 1. The summed E-state index contributed by atoms with van der Waals surface area (Å²) in [5.41, 5.74) is 6.27. The van der Waals surface area contributed by atoms with Gasteiger partial charge in [-0.25, -0.2) is 9.78 Å². The van der Waals surface area contributed by atoms with Crippen molar-refractivity contribution in [1.82, 2.24) is 15.6 Å². The second kappa shape index (κ2) is 8.86. The number of piperidine rings is 1. The molecule has 2 aromatic heterocycles. The van der Waals surface area contributed by atoms with Gasteiger partial charge >= 0.3 is 6.03 Å². The van der Waals surface area contributed by atoms with Crippen LogP contribution in [0, 0.1) is 11.8 Å². The first-order chi connectivity index (χ1) is 13.0. The van der Waals surface area contributed by atoms with Crippen molar-refractivity contribution < 1.29 is 9.59 Å². The van der Waals surface area contributed by atoms with Crippen molar-refractivity contribution in [3.63, 3.8) is 0 Å². The molecule has 1 atom stereocenters. The fourth-order valence-electron chi connectivity index (χ4n) is 2.66. The predicted molar refractivity (Wildman–Crippen MR) is 106 cm³/mol. The highest BCUT2D eigenvalue weighted by Gasteiger charge is 2.21. The van der Waals surface area contributed by atoms with E-state index >= 15 is 0 Å². The van der Waals surface area contributed by atoms with E-state index in [9.17, 15) is 9.59 Å². The summed E-state index contributed by atoms with van der Waals surface area (Å²) in [7, 11) is 0. The quantitative estimate of drug-likeness (QED) is 0.465. The van der Waals surface area contributed by atoms with Crippen LogP contribution in [-0.4, -0.2) is 36.1 Å². The van der Waals surface area contributed by atoms with Crippen LogP contribution in [0.1, 0.15) is 33.0 Å². The van der Waals surface area contributed by atoms with E-state index in [4.69, 9.17) is 17.3 Å². The molecule has 1 unspecified atom stereocenters. The lowest BCUT2D eigenvalue weighted by Gasteiger charge is -2.23. The Bertz CT molecular complexity index is 895. The van der Waals surface area contributed by atoms with Gasteiger partial charge in [-0.15, -0.1) is 11.3 Å². The molecule has 7 nitrogen and oxygen atoms in total. The van der Waals surface area contributed by atoms with Crippen LogP contribution >= 0.6 is 22.9 Å². The molecule has 9 heteroatoms. The van der Waals surface area contributed by atoms with E-state index in [-0.39, 0.29) is 11.9 Å². The highest BCUT2D eigenvalue weighted by molar-refractivity contribution is 7.15. The van der Waals surface area contributed by atoms with Gasteiger partial charge in [0, 0.05) is 24.3 Å². The van der Waals surface area contributed by atoms with Gasteiger partial charge in [-0.3, -0.25) is 4.79 Å². The first kappa shape index (κ1) is 19.2. The van der Waals surface area contributed by atoms with Crippen molar-refractivity contribution in [2.75, 3.05) is 18.4 Å². The van der Waals surface area contributed by atoms with Gasteiger partial charge < -0.3 is 21.7 Å². The van der Waals surface area contributed by atoms with Crippen molar-refractivity contribution in [2.45, 2.75) is 18.9 Å². The van der Waals surface area contributed by atoms with Crippen molar-refractivity contribution in [1.29, 1.82) is 0 Å². The van der Waals surface area contributed by atoms with E-state index in [2.05, 4.69) is 32.8 Å². The standard InChI is InChI=1S/C18H18ClN5O2S/c19-15-6-4-11(9-22-15)3-5-13-8-14(24-18(20)26)16(27-13)17(25)23-12-2-1-7-21-10-12/h4,6,8-9,12,21H,1-2,7,10H2,(H,23,25)(H3,20,24,26). The van der Waals surface area contributed by atoms with Crippen molar-refractivity contribution in [2.24, 2.45) is 5.73 Å². The number of thiophene rings is 1. The van der Waals surface area contributed by atoms with E-state index in [0.29, 0.717) is 26.2 Å². The second-order valence-corrected chi connectivity index (χ2v) is 7.42. The number of halogens is 1. The molecule has 5 N–H and O–H groups in total. The molecule has 1 aliphatic heterocycles. The molecule has 0 spiro atoms. The lowest BCUT2D eigenvalue weighted by Crippen LogP contribution is -2.45. The van der Waals surface area contributed by atoms with Crippen molar-refractivity contribution in [3.05, 3.63) is 44.9 Å². The maximum absolute atomic E-state index is 12.6. The zero-order chi connectivity index (χ0) is 19.2. The number of primary amides is 1. The van der Waals surface area contributed by atoms with Gasteiger partial charge in [-0.05, 0) is 37.6 Å². The summed E-state index contributed by atoms with van der Waals surface area (Å²) in [6.45, 7) is 1.69. The number of rotatable bonds is 3. The Balaban J connectivity index is 1.81. The number of hydrogen-bond donors (Lipinski definition) is 4. The SMILES string of the molecule is NC(=O)Nc1cc(C#Cc2ccc(Cl)nc2)sc1C(=O)NC1CCCNC1. The molecule has 2 aromatic rings. The minimum Gasteiger partial charge on any atom is -0.351 e. The molecular formula is C18H18ClN5O2S. The van der Waals surface area contributed by atoms with Crippen LogP contribution in [0.5, 0.6) is 0 Å². The molecule has 0 bridgehead atoms. The second-order valence-electron chi connectivity index (χ2n) is 5.98. The zero-order valence-electron chi connectivity index (χ0n) is 14.3. The van der Waals surface area contributed by atoms with Crippen LogP contribution in [0.2, 0.25) is 5.15 Å². The number of carbonyl (C=O) groups excluding carboxylic acids is 2. The first-order valence-corrected chi connectivity index (χ1v) is 9.56. The number of nitrogens with one attached hydrogen (secondary N) is 3. The molecular weight excluding hydrogens is 386 g/mol. The number of hydrogen-bond acceptors (Lipinski definition) is 5. The average molecular weight is 404 g/mol. The number of amides is 3. The van der Waals surface area contributed by atoms with Gasteiger partial charge in [0.15, 0.2) is 0 Å². The van der Waals surface area contributed by atoms with E-state index in [1.807, 2.05) is 0 Å². The number of carbonyl (C=O) groups is 2. The fraction of sp³-hybridized carbons (Fsp3) is 0.278. The van der Waals surface area contributed by atoms with Gasteiger partial charge in [0.05, 0.1) is 10.6 Å². The lowest BCUT2D eigenvalue weighted by atomic mass is 10.1. The Morgan fingerprint density at radius 2 is 2.22 bits per heavy atom. The Morgan fingerprint density at radius 1 is 1.37 bits per heavy atom. The van der Waals surface area contributed by atoms with Crippen LogP contribution in [0.4, 0.5) is 10.5 Å². The zero-order valence-corrected chi connectivity index (χ0v) is 15.9. The first-order valence-electron chi connectivity index (χ1n) is 8.36. The Hall–Kier alpha value is -2.60. The largest absolute Gasteiger partial charge is 0.351 e. The molecule has 3 amide bonds. The molecule has 1 saturated heterocycles. The number of nitrogens with two attached hydrogens (primary N) is 1. The molecule has 3 rings (SSSR count). The maximum Gasteiger partial charge on any atom is 0.316 e.